The maximum absolute atomic E-state index is 8.88. The van der Waals surface area contributed by atoms with E-state index in [2.05, 4.69) is 0 Å². The summed E-state index contributed by atoms with van der Waals surface area (Å²) in [5.74, 6) is 0. The summed E-state index contributed by atoms with van der Waals surface area (Å²) in [7, 11) is -4.64. The third kappa shape index (κ3) is 134. The van der Waals surface area contributed by atoms with E-state index in [0.29, 0.717) is 0 Å². The van der Waals surface area contributed by atoms with E-state index >= 15 is 0 Å². The van der Waals surface area contributed by atoms with E-state index < -0.39 is 7.82 Å². The van der Waals surface area contributed by atoms with Gasteiger partial charge in [0.25, 0.3) is 0 Å². The molecule has 0 aliphatic carbocycles. The molecule has 3 N–H and O–H groups in total. The molecule has 0 aromatic rings. The van der Waals surface area contributed by atoms with Crippen molar-refractivity contribution in [2.45, 2.75) is 0 Å². The molecule has 0 aliphatic heterocycles. The molecule has 0 heterocycles. The number of hydrogen-bond acceptors (Lipinski definition) is 1. The largest absolute Gasteiger partial charge is 0.466 e. The van der Waals surface area contributed by atoms with Gasteiger partial charge in [0.05, 0.1) is 0 Å². The van der Waals surface area contributed by atoms with Crippen molar-refractivity contribution < 1.29 is 45.4 Å². The molecule has 0 amide bonds. The Labute approximate surface area is 64.3 Å². The molecule has 0 saturated carbocycles. The van der Waals surface area contributed by atoms with Crippen molar-refractivity contribution in [2.75, 3.05) is 0 Å². The zero-order valence-electron chi connectivity index (χ0n) is 2.70. The SMILES string of the molecule is O=P(O)(O)O.[SiH4].[Zr]. The predicted molar refractivity (Wildman–Crippen MR) is 25.6 cm³/mol. The molecule has 0 radical (unpaired) electrons. The summed E-state index contributed by atoms with van der Waals surface area (Å²) in [5, 5.41) is 0. The fourth-order valence-corrected chi connectivity index (χ4v) is 0. The van der Waals surface area contributed by atoms with Crippen LogP contribution in [0.15, 0.2) is 0 Å². The Morgan fingerprint density at radius 3 is 1.14 bits per heavy atom. The molecule has 0 aliphatic rings. The molecule has 44 valence electrons. The molecule has 0 unspecified atom stereocenters. The van der Waals surface area contributed by atoms with Gasteiger partial charge in [-0.1, -0.05) is 0 Å². The third-order valence-corrected chi connectivity index (χ3v) is 0. The molecule has 4 nitrogen and oxygen atoms in total. The standard InChI is InChI=1S/H3O4P.H4Si.Zr/c1-5(2,3)4;;/h(H3,1,2,3,4);1H4;. The molecule has 0 bridgehead atoms. The van der Waals surface area contributed by atoms with E-state index in [0.717, 1.165) is 0 Å². The van der Waals surface area contributed by atoms with Gasteiger partial charge >= 0.3 is 7.82 Å². The molecule has 7 heteroatoms. The second-order valence-electron chi connectivity index (χ2n) is 0.513. The van der Waals surface area contributed by atoms with Gasteiger partial charge in [0.2, 0.25) is 0 Å². The summed E-state index contributed by atoms with van der Waals surface area (Å²) in [6, 6.07) is 0. The van der Waals surface area contributed by atoms with E-state index in [1.807, 2.05) is 0 Å². The summed E-state index contributed by atoms with van der Waals surface area (Å²) >= 11 is 0. The van der Waals surface area contributed by atoms with Gasteiger partial charge in [-0.25, -0.2) is 4.57 Å². The first kappa shape index (κ1) is 15.7. The van der Waals surface area contributed by atoms with Crippen LogP contribution in [0.1, 0.15) is 0 Å². The van der Waals surface area contributed by atoms with Crippen LogP contribution >= 0.6 is 7.82 Å². The van der Waals surface area contributed by atoms with Crippen LogP contribution < -0.4 is 0 Å². The Morgan fingerprint density at radius 2 is 1.14 bits per heavy atom. The van der Waals surface area contributed by atoms with E-state index in [-0.39, 0.29) is 37.2 Å². The molecule has 0 saturated heterocycles. The van der Waals surface area contributed by atoms with Crippen molar-refractivity contribution in [2.24, 2.45) is 0 Å². The fraction of sp³-hybridized carbons (Fsp3) is 0. The molecule has 0 fully saturated rings. The molecule has 0 aromatic carbocycles. The second-order valence-corrected chi connectivity index (χ2v) is 1.54. The number of phosphoric acid groups is 1. The Balaban J connectivity index is -0.0000000800. The molecule has 0 atom stereocenters. The van der Waals surface area contributed by atoms with Crippen LogP contribution in [0.2, 0.25) is 0 Å². The van der Waals surface area contributed by atoms with E-state index in [4.69, 9.17) is 19.2 Å². The van der Waals surface area contributed by atoms with Gasteiger partial charge in [0.15, 0.2) is 0 Å². The first-order chi connectivity index (χ1) is 2.00. The van der Waals surface area contributed by atoms with Crippen LogP contribution in [-0.2, 0) is 30.8 Å². The van der Waals surface area contributed by atoms with Gasteiger partial charge in [0, 0.05) is 26.2 Å². The third-order valence-electron chi connectivity index (χ3n) is 0. The molecule has 0 aromatic heterocycles. The van der Waals surface area contributed by atoms with Gasteiger partial charge in [-0.3, -0.25) is 0 Å². The maximum Gasteiger partial charge on any atom is 0.466 e. The molecule has 0 spiro atoms. The smallest absolute Gasteiger partial charge is 0.303 e. The minimum absolute atomic E-state index is 0. The molecular formula is H7O4PSiZr. The summed E-state index contributed by atoms with van der Waals surface area (Å²) < 4.78 is 8.88. The molecule has 0 rings (SSSR count). The Morgan fingerprint density at radius 1 is 1.14 bits per heavy atom. The zero-order chi connectivity index (χ0) is 4.50. The summed E-state index contributed by atoms with van der Waals surface area (Å²) in [4.78, 5) is 21.6. The van der Waals surface area contributed by atoms with Crippen molar-refractivity contribution >= 4 is 18.8 Å². The van der Waals surface area contributed by atoms with Gasteiger partial charge in [-0.2, -0.15) is 0 Å². The second kappa shape index (κ2) is 5.35. The van der Waals surface area contributed by atoms with Gasteiger partial charge in [-0.15, -0.1) is 0 Å². The summed E-state index contributed by atoms with van der Waals surface area (Å²) in [6.07, 6.45) is 0. The Kier molecular flexibility index (Phi) is 12.0. The first-order valence-corrected chi connectivity index (χ1v) is 2.35. The van der Waals surface area contributed by atoms with Crippen LogP contribution in [0.5, 0.6) is 0 Å². The fourth-order valence-electron chi connectivity index (χ4n) is 0. The zero-order valence-corrected chi connectivity index (χ0v) is 6.05. The average Bonchev–Trinajstić information content (AvgIpc) is 0.722. The van der Waals surface area contributed by atoms with Gasteiger partial charge < -0.3 is 14.7 Å². The molecule has 7 heavy (non-hydrogen) atoms. The average molecular weight is 221 g/mol. The van der Waals surface area contributed by atoms with Crippen LogP contribution in [0.25, 0.3) is 0 Å². The van der Waals surface area contributed by atoms with Crippen LogP contribution in [0.3, 0.4) is 0 Å². The monoisotopic (exact) mass is 220 g/mol. The quantitative estimate of drug-likeness (QED) is 0.315. The van der Waals surface area contributed by atoms with Gasteiger partial charge in [-0.05, 0) is 11.0 Å². The Hall–Kier alpha value is 1.21. The van der Waals surface area contributed by atoms with Crippen LogP contribution in [0, 0.1) is 0 Å². The minimum atomic E-state index is -4.64. The van der Waals surface area contributed by atoms with Crippen molar-refractivity contribution in [1.29, 1.82) is 0 Å². The van der Waals surface area contributed by atoms with Gasteiger partial charge in [0.1, 0.15) is 0 Å². The van der Waals surface area contributed by atoms with Crippen molar-refractivity contribution in [3.63, 3.8) is 0 Å². The number of rotatable bonds is 0. The van der Waals surface area contributed by atoms with E-state index in [1.165, 1.54) is 0 Å². The normalized spacial score (nSPS) is 8.43. The number of hydrogen-bond donors (Lipinski definition) is 3. The Bertz CT molecular complexity index is 57.8. The minimum Gasteiger partial charge on any atom is -0.303 e. The van der Waals surface area contributed by atoms with Crippen LogP contribution in [0.4, 0.5) is 0 Å². The van der Waals surface area contributed by atoms with E-state index in [9.17, 15) is 0 Å². The summed E-state index contributed by atoms with van der Waals surface area (Å²) in [5.41, 5.74) is 0. The van der Waals surface area contributed by atoms with E-state index in [1.54, 1.807) is 0 Å². The maximum atomic E-state index is 8.88. The first-order valence-electron chi connectivity index (χ1n) is 0.783. The topological polar surface area (TPSA) is 77.8 Å². The van der Waals surface area contributed by atoms with Crippen molar-refractivity contribution in [1.82, 2.24) is 0 Å². The summed E-state index contributed by atoms with van der Waals surface area (Å²) in [6.45, 7) is 0. The molecular weight excluding hydrogens is 214 g/mol. The van der Waals surface area contributed by atoms with Crippen LogP contribution in [-0.4, -0.2) is 25.6 Å². The predicted octanol–water partition coefficient (Wildman–Crippen LogP) is -2.38. The van der Waals surface area contributed by atoms with Crippen molar-refractivity contribution in [3.8, 4) is 0 Å². The van der Waals surface area contributed by atoms with Crippen molar-refractivity contribution in [3.05, 3.63) is 0 Å².